The highest BCUT2D eigenvalue weighted by molar-refractivity contribution is 7.95. The van der Waals surface area contributed by atoms with Crippen molar-refractivity contribution in [2.75, 3.05) is 0 Å². The average molecular weight is 260 g/mol. The topological polar surface area (TPSA) is 96.0 Å². The molecule has 0 aliphatic carbocycles. The Bertz CT molecular complexity index is 361. The van der Waals surface area contributed by atoms with Gasteiger partial charge in [0.05, 0.1) is 0 Å². The summed E-state index contributed by atoms with van der Waals surface area (Å²) in [5, 5.41) is 0. The molecule has 0 N–H and O–H groups in total. The molecule has 0 radical (unpaired) electrons. The molecular weight excluding hydrogens is 248 g/mol. The molecule has 90 valence electrons. The molecule has 0 aromatic carbocycles. The van der Waals surface area contributed by atoms with Gasteiger partial charge in [-0.2, -0.15) is 16.8 Å². The Balaban J connectivity index is 2.60. The van der Waals surface area contributed by atoms with E-state index in [2.05, 4.69) is 12.0 Å². The lowest BCUT2D eigenvalue weighted by molar-refractivity contribution is -0.0247. The molecule has 0 amide bonds. The highest BCUT2D eigenvalue weighted by atomic mass is 32.3. The third kappa shape index (κ3) is 4.43. The summed E-state index contributed by atoms with van der Waals surface area (Å²) in [4.78, 5) is 0. The van der Waals surface area contributed by atoms with Crippen LogP contribution in [0, 0.1) is 0 Å². The van der Waals surface area contributed by atoms with E-state index in [0.717, 1.165) is 12.8 Å². The maximum absolute atomic E-state index is 10.8. The molecule has 1 heterocycles. The predicted octanol–water partition coefficient (Wildman–Crippen LogP) is 0.446. The smallest absolute Gasteiger partial charge is 0.214 e. The van der Waals surface area contributed by atoms with Gasteiger partial charge >= 0.3 is 20.8 Å². The fraction of sp³-hybridized carbons (Fsp3) is 1.00. The molecule has 0 aromatic rings. The van der Waals surface area contributed by atoms with E-state index in [1.807, 2.05) is 6.92 Å². The summed E-state index contributed by atoms with van der Waals surface area (Å²) in [5.41, 5.74) is 0. The zero-order chi connectivity index (χ0) is 11.5. The maximum atomic E-state index is 10.8. The SMILES string of the molecule is CCCCCC1OS(=O)(=O)OS(=O)(=O)O1. The van der Waals surface area contributed by atoms with Crippen LogP contribution in [-0.4, -0.2) is 23.1 Å². The summed E-state index contributed by atoms with van der Waals surface area (Å²) in [6.07, 6.45) is 1.26. The Labute approximate surface area is 89.0 Å². The summed E-state index contributed by atoms with van der Waals surface area (Å²) >= 11 is 0. The lowest BCUT2D eigenvalue weighted by atomic mass is 10.2. The molecule has 0 unspecified atom stereocenters. The molecule has 1 aliphatic rings. The van der Waals surface area contributed by atoms with E-state index in [1.54, 1.807) is 0 Å². The normalized spacial score (nSPS) is 25.1. The molecule has 0 spiro atoms. The molecule has 1 fully saturated rings. The Morgan fingerprint density at radius 3 is 2.00 bits per heavy atom. The highest BCUT2D eigenvalue weighted by Crippen LogP contribution is 2.21. The molecule has 7 nitrogen and oxygen atoms in total. The third-order valence-electron chi connectivity index (χ3n) is 1.66. The highest BCUT2D eigenvalue weighted by Gasteiger charge is 2.37. The third-order valence-corrected chi connectivity index (χ3v) is 3.89. The molecular formula is C6H12O7S2. The van der Waals surface area contributed by atoms with E-state index in [1.165, 1.54) is 0 Å². The van der Waals surface area contributed by atoms with Crippen LogP contribution < -0.4 is 0 Å². The van der Waals surface area contributed by atoms with Crippen molar-refractivity contribution in [3.8, 4) is 0 Å². The first-order chi connectivity index (χ1) is 6.85. The van der Waals surface area contributed by atoms with Crippen molar-refractivity contribution in [3.05, 3.63) is 0 Å². The molecule has 9 heteroatoms. The molecule has 0 atom stereocenters. The zero-order valence-corrected chi connectivity index (χ0v) is 9.71. The van der Waals surface area contributed by atoms with Gasteiger partial charge in [-0.3, -0.25) is 0 Å². The largest absolute Gasteiger partial charge is 0.418 e. The second kappa shape index (κ2) is 4.74. The Hall–Kier alpha value is -0.220. The van der Waals surface area contributed by atoms with Crippen LogP contribution in [0.3, 0.4) is 0 Å². The molecule has 0 saturated carbocycles. The second-order valence-electron chi connectivity index (χ2n) is 3.00. The van der Waals surface area contributed by atoms with Crippen molar-refractivity contribution in [3.63, 3.8) is 0 Å². The van der Waals surface area contributed by atoms with E-state index < -0.39 is 27.1 Å². The van der Waals surface area contributed by atoms with Gasteiger partial charge in [-0.05, 0) is 6.42 Å². The number of hydrogen-bond acceptors (Lipinski definition) is 7. The van der Waals surface area contributed by atoms with Gasteiger partial charge < -0.3 is 0 Å². The first-order valence-corrected chi connectivity index (χ1v) is 7.09. The molecule has 0 bridgehead atoms. The van der Waals surface area contributed by atoms with Crippen molar-refractivity contribution >= 4 is 20.8 Å². The zero-order valence-electron chi connectivity index (χ0n) is 8.08. The maximum Gasteiger partial charge on any atom is 0.418 e. The lowest BCUT2D eigenvalue weighted by Crippen LogP contribution is -2.34. The summed E-state index contributed by atoms with van der Waals surface area (Å²) in [5.74, 6) is 0. The van der Waals surface area contributed by atoms with Gasteiger partial charge in [0.25, 0.3) is 0 Å². The number of rotatable bonds is 4. The first kappa shape index (κ1) is 12.8. The van der Waals surface area contributed by atoms with E-state index in [9.17, 15) is 16.8 Å². The van der Waals surface area contributed by atoms with Crippen LogP contribution in [0.5, 0.6) is 0 Å². The Kier molecular flexibility index (Phi) is 4.06. The van der Waals surface area contributed by atoms with Gasteiger partial charge in [-0.15, -0.1) is 3.63 Å². The Morgan fingerprint density at radius 2 is 1.53 bits per heavy atom. The minimum atomic E-state index is -4.49. The van der Waals surface area contributed by atoms with Gasteiger partial charge in [0.1, 0.15) is 0 Å². The van der Waals surface area contributed by atoms with Crippen molar-refractivity contribution in [1.29, 1.82) is 0 Å². The van der Waals surface area contributed by atoms with Crippen LogP contribution in [0.25, 0.3) is 0 Å². The van der Waals surface area contributed by atoms with E-state index in [0.29, 0.717) is 6.42 Å². The van der Waals surface area contributed by atoms with Crippen LogP contribution in [0.2, 0.25) is 0 Å². The van der Waals surface area contributed by atoms with Crippen LogP contribution in [-0.2, 0) is 32.8 Å². The van der Waals surface area contributed by atoms with E-state index in [4.69, 9.17) is 0 Å². The monoisotopic (exact) mass is 260 g/mol. The molecule has 15 heavy (non-hydrogen) atoms. The van der Waals surface area contributed by atoms with Crippen LogP contribution in [0.4, 0.5) is 0 Å². The van der Waals surface area contributed by atoms with Gasteiger partial charge in [-0.1, -0.05) is 19.8 Å². The number of unbranched alkanes of at least 4 members (excludes halogenated alkanes) is 2. The van der Waals surface area contributed by atoms with Crippen LogP contribution >= 0.6 is 0 Å². The van der Waals surface area contributed by atoms with E-state index >= 15 is 0 Å². The Morgan fingerprint density at radius 1 is 1.00 bits per heavy atom. The predicted molar refractivity (Wildman–Crippen MR) is 49.0 cm³/mol. The van der Waals surface area contributed by atoms with Gasteiger partial charge in [-0.25, -0.2) is 8.37 Å². The first-order valence-electron chi connectivity index (χ1n) is 4.42. The van der Waals surface area contributed by atoms with Crippen molar-refractivity contribution in [1.82, 2.24) is 0 Å². The summed E-state index contributed by atoms with van der Waals surface area (Å²) < 4.78 is 55.4. The average Bonchev–Trinajstić information content (AvgIpc) is 1.98. The molecule has 1 rings (SSSR count). The minimum Gasteiger partial charge on any atom is -0.214 e. The fourth-order valence-corrected chi connectivity index (χ4v) is 2.99. The van der Waals surface area contributed by atoms with Crippen molar-refractivity contribution in [2.45, 2.75) is 38.9 Å². The van der Waals surface area contributed by atoms with Crippen LogP contribution in [0.1, 0.15) is 32.6 Å². The second-order valence-corrected chi connectivity index (χ2v) is 5.56. The molecule has 1 saturated heterocycles. The summed E-state index contributed by atoms with van der Waals surface area (Å²) in [6, 6.07) is 0. The van der Waals surface area contributed by atoms with Crippen molar-refractivity contribution < 1.29 is 28.8 Å². The molecule has 0 aromatic heterocycles. The summed E-state index contributed by atoms with van der Waals surface area (Å²) in [7, 11) is -8.98. The van der Waals surface area contributed by atoms with Crippen LogP contribution in [0.15, 0.2) is 0 Å². The molecule has 1 aliphatic heterocycles. The summed E-state index contributed by atoms with van der Waals surface area (Å²) in [6.45, 7) is 1.96. The lowest BCUT2D eigenvalue weighted by Gasteiger charge is -2.20. The van der Waals surface area contributed by atoms with Crippen molar-refractivity contribution in [2.24, 2.45) is 0 Å². The van der Waals surface area contributed by atoms with E-state index in [-0.39, 0.29) is 6.42 Å². The minimum absolute atomic E-state index is 0.190. The van der Waals surface area contributed by atoms with Gasteiger partial charge in [0.2, 0.25) is 0 Å². The van der Waals surface area contributed by atoms with Gasteiger partial charge in [0.15, 0.2) is 6.29 Å². The number of hydrogen-bond donors (Lipinski definition) is 0. The van der Waals surface area contributed by atoms with Gasteiger partial charge in [0, 0.05) is 6.42 Å². The quantitative estimate of drug-likeness (QED) is 0.677. The standard InChI is InChI=1S/C6H12O7S2/c1-2-3-4-5-6-11-14(7,8)13-15(9,10)12-6/h6H,2-5H2,1H3. The fourth-order valence-electron chi connectivity index (χ4n) is 1.07.